The second-order valence-electron chi connectivity index (χ2n) is 5.39. The van der Waals surface area contributed by atoms with Crippen LogP contribution in [0.5, 0.6) is 0 Å². The van der Waals surface area contributed by atoms with Gasteiger partial charge in [0, 0.05) is 32.6 Å². The van der Waals surface area contributed by atoms with Gasteiger partial charge in [-0.05, 0) is 18.1 Å². The first-order valence-corrected chi connectivity index (χ1v) is 7.20. The Hall–Kier alpha value is -1.88. The fourth-order valence-corrected chi connectivity index (χ4v) is 2.02. The summed E-state index contributed by atoms with van der Waals surface area (Å²) in [5.74, 6) is -0.864. The Morgan fingerprint density at radius 3 is 2.57 bits per heavy atom. The van der Waals surface area contributed by atoms with Crippen LogP contribution in [-0.2, 0) is 11.2 Å². The lowest BCUT2D eigenvalue weighted by Crippen LogP contribution is -2.33. The van der Waals surface area contributed by atoms with Gasteiger partial charge in [0.1, 0.15) is 0 Å². The van der Waals surface area contributed by atoms with E-state index in [1.54, 1.807) is 30.1 Å². The highest BCUT2D eigenvalue weighted by molar-refractivity contribution is 5.89. The fourth-order valence-electron chi connectivity index (χ4n) is 2.02. The summed E-state index contributed by atoms with van der Waals surface area (Å²) in [7, 11) is 1.75. The Kier molecular flexibility index (Phi) is 6.88. The average Bonchev–Trinajstić information content (AvgIpc) is 2.44. The lowest BCUT2D eigenvalue weighted by atomic mass is 10.0. The molecule has 0 aliphatic carbocycles. The molecule has 21 heavy (non-hydrogen) atoms. The highest BCUT2D eigenvalue weighted by atomic mass is 16.4. The summed E-state index contributed by atoms with van der Waals surface area (Å²) in [5.41, 5.74) is 1.06. The molecule has 5 heteroatoms. The molecule has 0 aliphatic heterocycles. The molecule has 0 unspecified atom stereocenters. The zero-order valence-electron chi connectivity index (χ0n) is 12.9. The van der Waals surface area contributed by atoms with E-state index in [9.17, 15) is 9.59 Å². The number of likely N-dealkylation sites (N-methyl/N-ethyl adjacent to an activating group) is 1. The van der Waals surface area contributed by atoms with Crippen LogP contribution in [-0.4, -0.2) is 48.1 Å². The maximum Gasteiger partial charge on any atom is 0.335 e. The van der Waals surface area contributed by atoms with E-state index in [1.807, 2.05) is 19.9 Å². The fraction of sp³-hybridized carbons (Fsp3) is 0.500. The van der Waals surface area contributed by atoms with Gasteiger partial charge in [0.15, 0.2) is 0 Å². The third kappa shape index (κ3) is 5.95. The summed E-state index contributed by atoms with van der Waals surface area (Å²) < 4.78 is 0. The van der Waals surface area contributed by atoms with Gasteiger partial charge >= 0.3 is 5.97 Å². The van der Waals surface area contributed by atoms with Crippen molar-refractivity contribution in [2.24, 2.45) is 0 Å². The van der Waals surface area contributed by atoms with E-state index in [0.29, 0.717) is 37.5 Å². The van der Waals surface area contributed by atoms with E-state index in [-0.39, 0.29) is 5.91 Å². The smallest absolute Gasteiger partial charge is 0.335 e. The monoisotopic (exact) mass is 292 g/mol. The number of carboxylic acid groups (broad SMARTS) is 1. The Bertz CT molecular complexity index is 486. The van der Waals surface area contributed by atoms with Crippen LogP contribution in [0.25, 0.3) is 0 Å². The van der Waals surface area contributed by atoms with Gasteiger partial charge in [0.2, 0.25) is 5.91 Å². The van der Waals surface area contributed by atoms with Crippen molar-refractivity contribution in [2.45, 2.75) is 32.7 Å². The van der Waals surface area contributed by atoms with Gasteiger partial charge in [-0.1, -0.05) is 32.0 Å². The zero-order valence-corrected chi connectivity index (χ0v) is 12.9. The number of aromatic carboxylic acids is 1. The van der Waals surface area contributed by atoms with Crippen molar-refractivity contribution in [3.63, 3.8) is 0 Å². The first-order chi connectivity index (χ1) is 9.91. The first-order valence-electron chi connectivity index (χ1n) is 7.20. The van der Waals surface area contributed by atoms with Crippen LogP contribution in [0.4, 0.5) is 0 Å². The first kappa shape index (κ1) is 17.2. The number of hydrogen-bond donors (Lipinski definition) is 2. The summed E-state index contributed by atoms with van der Waals surface area (Å²) in [6.07, 6.45) is 0.998. The molecule has 0 heterocycles. The minimum Gasteiger partial charge on any atom is -0.478 e. The van der Waals surface area contributed by atoms with Gasteiger partial charge in [-0.3, -0.25) is 4.79 Å². The summed E-state index contributed by atoms with van der Waals surface area (Å²) in [5, 5.41) is 12.3. The second kappa shape index (κ2) is 8.42. The largest absolute Gasteiger partial charge is 0.478 e. The molecule has 0 aliphatic rings. The molecule has 0 fully saturated rings. The predicted molar refractivity (Wildman–Crippen MR) is 82.5 cm³/mol. The molecule has 0 atom stereocenters. The molecule has 1 amide bonds. The molecule has 0 spiro atoms. The van der Waals surface area contributed by atoms with Gasteiger partial charge in [-0.25, -0.2) is 4.79 Å². The predicted octanol–water partition coefficient (Wildman–Crippen LogP) is 1.77. The average molecular weight is 292 g/mol. The Balaban J connectivity index is 2.47. The molecule has 5 nitrogen and oxygen atoms in total. The number of carboxylic acids is 1. The molecule has 1 aromatic carbocycles. The Morgan fingerprint density at radius 1 is 1.29 bits per heavy atom. The topological polar surface area (TPSA) is 69.6 Å². The lowest BCUT2D eigenvalue weighted by Gasteiger charge is -2.18. The number of benzene rings is 1. The van der Waals surface area contributed by atoms with Gasteiger partial charge < -0.3 is 15.3 Å². The van der Waals surface area contributed by atoms with Crippen LogP contribution < -0.4 is 5.32 Å². The maximum atomic E-state index is 11.9. The molecule has 0 radical (unpaired) electrons. The molecular formula is C16H24N2O3. The van der Waals surface area contributed by atoms with Crippen molar-refractivity contribution >= 4 is 11.9 Å². The SMILES string of the molecule is CC(C)NCCC(=O)N(C)CCc1ccccc1C(=O)O. The summed E-state index contributed by atoms with van der Waals surface area (Å²) in [6.45, 7) is 5.26. The number of rotatable bonds is 8. The molecular weight excluding hydrogens is 268 g/mol. The minimum absolute atomic E-state index is 0.0657. The van der Waals surface area contributed by atoms with Crippen molar-refractivity contribution in [3.8, 4) is 0 Å². The molecule has 1 rings (SSSR count). The normalized spacial score (nSPS) is 10.7. The second-order valence-corrected chi connectivity index (χ2v) is 5.39. The molecule has 1 aromatic rings. The number of nitrogens with zero attached hydrogens (tertiary/aromatic N) is 1. The third-order valence-corrected chi connectivity index (χ3v) is 3.28. The van der Waals surface area contributed by atoms with Crippen molar-refractivity contribution in [2.75, 3.05) is 20.1 Å². The van der Waals surface area contributed by atoms with Crippen molar-refractivity contribution in [1.82, 2.24) is 10.2 Å². The molecule has 0 saturated heterocycles. The van der Waals surface area contributed by atoms with Crippen LogP contribution >= 0.6 is 0 Å². The minimum atomic E-state index is -0.930. The van der Waals surface area contributed by atoms with E-state index < -0.39 is 5.97 Å². The van der Waals surface area contributed by atoms with Crippen LogP contribution in [0.1, 0.15) is 36.2 Å². The van der Waals surface area contributed by atoms with E-state index in [4.69, 9.17) is 5.11 Å². The molecule has 116 valence electrons. The lowest BCUT2D eigenvalue weighted by molar-refractivity contribution is -0.129. The highest BCUT2D eigenvalue weighted by Crippen LogP contribution is 2.10. The van der Waals surface area contributed by atoms with Gasteiger partial charge in [-0.2, -0.15) is 0 Å². The number of carbonyl (C=O) groups excluding carboxylic acids is 1. The van der Waals surface area contributed by atoms with Crippen LogP contribution in [0.15, 0.2) is 24.3 Å². The van der Waals surface area contributed by atoms with E-state index >= 15 is 0 Å². The maximum absolute atomic E-state index is 11.9. The number of amides is 1. The summed E-state index contributed by atoms with van der Waals surface area (Å²) in [6, 6.07) is 7.27. The molecule has 2 N–H and O–H groups in total. The van der Waals surface area contributed by atoms with Crippen molar-refractivity contribution < 1.29 is 14.7 Å². The van der Waals surface area contributed by atoms with E-state index in [2.05, 4.69) is 5.32 Å². The molecule has 0 aromatic heterocycles. The quantitative estimate of drug-likeness (QED) is 0.766. The van der Waals surface area contributed by atoms with E-state index in [1.165, 1.54) is 0 Å². The van der Waals surface area contributed by atoms with Gasteiger partial charge in [-0.15, -0.1) is 0 Å². The Labute approximate surface area is 126 Å². The standard InChI is InChI=1S/C16H24N2O3/c1-12(2)17-10-8-15(19)18(3)11-9-13-6-4-5-7-14(13)16(20)21/h4-7,12,17H,8-11H2,1-3H3,(H,20,21). The summed E-state index contributed by atoms with van der Waals surface area (Å²) >= 11 is 0. The highest BCUT2D eigenvalue weighted by Gasteiger charge is 2.12. The number of nitrogens with one attached hydrogen (secondary N) is 1. The third-order valence-electron chi connectivity index (χ3n) is 3.28. The Morgan fingerprint density at radius 2 is 1.95 bits per heavy atom. The van der Waals surface area contributed by atoms with Crippen LogP contribution in [0, 0.1) is 0 Å². The van der Waals surface area contributed by atoms with Gasteiger partial charge in [0.25, 0.3) is 0 Å². The summed E-state index contributed by atoms with van der Waals surface area (Å²) in [4.78, 5) is 24.7. The molecule has 0 saturated carbocycles. The van der Waals surface area contributed by atoms with Crippen LogP contribution in [0.3, 0.4) is 0 Å². The van der Waals surface area contributed by atoms with Gasteiger partial charge in [0.05, 0.1) is 5.56 Å². The van der Waals surface area contributed by atoms with Crippen molar-refractivity contribution in [3.05, 3.63) is 35.4 Å². The van der Waals surface area contributed by atoms with E-state index in [0.717, 1.165) is 5.56 Å². The number of carbonyl (C=O) groups is 2. The zero-order chi connectivity index (χ0) is 15.8. The number of hydrogen-bond acceptors (Lipinski definition) is 3. The molecule has 0 bridgehead atoms. The van der Waals surface area contributed by atoms with Crippen molar-refractivity contribution in [1.29, 1.82) is 0 Å². The van der Waals surface area contributed by atoms with Crippen LogP contribution in [0.2, 0.25) is 0 Å².